The summed E-state index contributed by atoms with van der Waals surface area (Å²) in [5, 5.41) is 2.82. The van der Waals surface area contributed by atoms with Crippen LogP contribution >= 0.6 is 15.9 Å². The highest BCUT2D eigenvalue weighted by molar-refractivity contribution is 9.10. The number of halogens is 1. The Morgan fingerprint density at radius 1 is 1.31 bits per heavy atom. The second-order valence-corrected chi connectivity index (χ2v) is 8.17. The number of benzene rings is 1. The van der Waals surface area contributed by atoms with Crippen molar-refractivity contribution < 1.29 is 19.1 Å². The molecule has 26 heavy (non-hydrogen) atoms. The van der Waals surface area contributed by atoms with Crippen LogP contribution in [0.3, 0.4) is 0 Å². The first kappa shape index (κ1) is 20.6. The molecule has 2 unspecified atom stereocenters. The van der Waals surface area contributed by atoms with Gasteiger partial charge in [-0.2, -0.15) is 0 Å². The summed E-state index contributed by atoms with van der Waals surface area (Å²) in [6.07, 6.45) is 0.483. The summed E-state index contributed by atoms with van der Waals surface area (Å²) in [7, 11) is 1.59. The van der Waals surface area contributed by atoms with Crippen molar-refractivity contribution in [3.8, 4) is 0 Å². The predicted octanol–water partition coefficient (Wildman–Crippen LogP) is 2.41. The van der Waals surface area contributed by atoms with Gasteiger partial charge in [-0.25, -0.2) is 0 Å². The second kappa shape index (κ2) is 8.31. The van der Waals surface area contributed by atoms with Crippen LogP contribution in [0.15, 0.2) is 28.7 Å². The zero-order chi connectivity index (χ0) is 19.5. The number of ketones is 1. The summed E-state index contributed by atoms with van der Waals surface area (Å²) in [5.41, 5.74) is -0.516. The number of hydrogen-bond donors (Lipinski definition) is 1. The van der Waals surface area contributed by atoms with Crippen LogP contribution in [0.25, 0.3) is 0 Å². The minimum Gasteiger partial charge on any atom is -0.371 e. The van der Waals surface area contributed by atoms with Crippen molar-refractivity contribution in [2.75, 3.05) is 20.3 Å². The Kier molecular flexibility index (Phi) is 6.58. The molecule has 1 N–H and O–H groups in total. The maximum atomic E-state index is 13.0. The lowest BCUT2D eigenvalue weighted by Gasteiger charge is -2.35. The number of ether oxygens (including phenoxy) is 1. The molecule has 6 nitrogen and oxygen atoms in total. The van der Waals surface area contributed by atoms with Crippen LogP contribution < -0.4 is 5.32 Å². The third-order valence-electron chi connectivity index (χ3n) is 4.70. The second-order valence-electron chi connectivity index (χ2n) is 7.25. The van der Waals surface area contributed by atoms with Gasteiger partial charge in [0.05, 0.1) is 6.61 Å². The van der Waals surface area contributed by atoms with Crippen molar-refractivity contribution in [3.05, 3.63) is 34.3 Å². The average Bonchev–Trinajstić information content (AvgIpc) is 2.93. The van der Waals surface area contributed by atoms with Crippen molar-refractivity contribution in [2.45, 2.75) is 38.8 Å². The number of nitrogens with zero attached hydrogens (tertiary/aromatic N) is 1. The highest BCUT2D eigenvalue weighted by Crippen LogP contribution is 2.23. The minimum atomic E-state index is -0.991. The number of hydrogen-bond acceptors (Lipinski definition) is 4. The maximum absolute atomic E-state index is 13.0. The normalized spacial score (nSPS) is 20.9. The lowest BCUT2D eigenvalue weighted by atomic mass is 9.95. The number of nitrogens with one attached hydrogen (secondary N) is 1. The quantitative estimate of drug-likeness (QED) is 0.760. The Morgan fingerprint density at radius 2 is 1.92 bits per heavy atom. The molecule has 1 saturated heterocycles. The monoisotopic (exact) mass is 424 g/mol. The van der Waals surface area contributed by atoms with Gasteiger partial charge in [0.1, 0.15) is 18.2 Å². The first-order chi connectivity index (χ1) is 12.1. The third-order valence-corrected chi connectivity index (χ3v) is 5.23. The molecule has 1 aromatic rings. The molecule has 0 saturated carbocycles. The Morgan fingerprint density at radius 3 is 2.42 bits per heavy atom. The van der Waals surface area contributed by atoms with E-state index in [0.29, 0.717) is 12.0 Å². The highest BCUT2D eigenvalue weighted by atomic mass is 79.9. The number of likely N-dealkylation sites (N-methyl/N-ethyl adjacent to an activating group) is 1. The fourth-order valence-electron chi connectivity index (χ4n) is 2.87. The van der Waals surface area contributed by atoms with Crippen LogP contribution in [0.1, 0.15) is 37.6 Å². The van der Waals surface area contributed by atoms with Crippen molar-refractivity contribution in [1.82, 2.24) is 10.2 Å². The molecule has 142 valence electrons. The molecule has 0 radical (unpaired) electrons. The average molecular weight is 425 g/mol. The molecule has 1 aliphatic rings. The summed E-state index contributed by atoms with van der Waals surface area (Å²) in [5.74, 6) is -0.531. The molecular weight excluding hydrogens is 400 g/mol. The molecule has 0 aliphatic carbocycles. The van der Waals surface area contributed by atoms with Gasteiger partial charge in [-0.05, 0) is 43.5 Å². The van der Waals surface area contributed by atoms with E-state index in [9.17, 15) is 14.4 Å². The molecule has 0 spiro atoms. The number of carbonyl (C=O) groups excluding carboxylic acids is 3. The number of Topliss-reactive ketones (excluding diaryl/α,β-unsaturated/α-hetero) is 1. The van der Waals surface area contributed by atoms with Crippen LogP contribution in [0, 0.1) is 5.92 Å². The van der Waals surface area contributed by atoms with E-state index in [0.717, 1.165) is 4.47 Å². The van der Waals surface area contributed by atoms with E-state index in [2.05, 4.69) is 21.2 Å². The molecule has 1 aromatic carbocycles. The molecule has 0 aromatic heterocycles. The Hall–Kier alpha value is -1.73. The first-order valence-electron chi connectivity index (χ1n) is 8.60. The summed E-state index contributed by atoms with van der Waals surface area (Å²) in [4.78, 5) is 39.2. The maximum Gasteiger partial charge on any atom is 0.251 e. The zero-order valence-corrected chi connectivity index (χ0v) is 17.1. The molecular formula is C19H25BrN2O4. The van der Waals surface area contributed by atoms with Crippen molar-refractivity contribution in [3.63, 3.8) is 0 Å². The molecule has 1 heterocycles. The predicted molar refractivity (Wildman–Crippen MR) is 102 cm³/mol. The van der Waals surface area contributed by atoms with Crippen molar-refractivity contribution >= 4 is 33.5 Å². The molecule has 7 heteroatoms. The molecule has 2 atom stereocenters. The first-order valence-corrected chi connectivity index (χ1v) is 9.39. The van der Waals surface area contributed by atoms with E-state index in [-0.39, 0.29) is 36.7 Å². The molecule has 1 fully saturated rings. The van der Waals surface area contributed by atoms with Crippen LogP contribution in [0.5, 0.6) is 0 Å². The summed E-state index contributed by atoms with van der Waals surface area (Å²) < 4.78 is 6.10. The van der Waals surface area contributed by atoms with Crippen LogP contribution in [0.2, 0.25) is 0 Å². The van der Waals surface area contributed by atoms with Crippen LogP contribution in [-0.4, -0.2) is 54.3 Å². The Balaban J connectivity index is 2.17. The van der Waals surface area contributed by atoms with Crippen LogP contribution in [0.4, 0.5) is 0 Å². The van der Waals surface area contributed by atoms with Gasteiger partial charge in [-0.3, -0.25) is 14.4 Å². The van der Waals surface area contributed by atoms with Gasteiger partial charge in [0.2, 0.25) is 5.91 Å². The van der Waals surface area contributed by atoms with Gasteiger partial charge in [0, 0.05) is 17.1 Å². The molecule has 2 rings (SSSR count). The molecule has 0 bridgehead atoms. The van der Waals surface area contributed by atoms with E-state index in [1.165, 1.54) is 4.90 Å². The van der Waals surface area contributed by atoms with Gasteiger partial charge in [-0.15, -0.1) is 0 Å². The SMILES string of the molecule is CC(C)CC(NC(=O)c1ccc(Br)cc1)C(=O)N(C)C1(C)COCC1=O. The minimum absolute atomic E-state index is 0.00815. The van der Waals surface area contributed by atoms with E-state index in [1.54, 1.807) is 38.2 Å². The van der Waals surface area contributed by atoms with Gasteiger partial charge in [0.25, 0.3) is 5.91 Å². The Bertz CT molecular complexity index is 689. The highest BCUT2D eigenvalue weighted by Gasteiger charge is 2.45. The molecule has 1 aliphatic heterocycles. The van der Waals surface area contributed by atoms with Crippen molar-refractivity contribution in [2.24, 2.45) is 5.92 Å². The van der Waals surface area contributed by atoms with Crippen molar-refractivity contribution in [1.29, 1.82) is 0 Å². The lowest BCUT2D eigenvalue weighted by molar-refractivity contribution is -0.143. The number of carbonyl (C=O) groups is 3. The van der Waals surface area contributed by atoms with Gasteiger partial charge in [-0.1, -0.05) is 29.8 Å². The molecule has 2 amide bonds. The fraction of sp³-hybridized carbons (Fsp3) is 0.526. The largest absolute Gasteiger partial charge is 0.371 e. The smallest absolute Gasteiger partial charge is 0.251 e. The van der Waals surface area contributed by atoms with Gasteiger partial charge in [0.15, 0.2) is 5.78 Å². The van der Waals surface area contributed by atoms with E-state index in [1.807, 2.05) is 13.8 Å². The van der Waals surface area contributed by atoms with Gasteiger partial charge >= 0.3 is 0 Å². The third kappa shape index (κ3) is 4.51. The summed E-state index contributed by atoms with van der Waals surface area (Å²) >= 11 is 3.33. The topological polar surface area (TPSA) is 75.7 Å². The van der Waals surface area contributed by atoms with E-state index in [4.69, 9.17) is 4.74 Å². The van der Waals surface area contributed by atoms with E-state index < -0.39 is 11.6 Å². The zero-order valence-electron chi connectivity index (χ0n) is 15.5. The van der Waals surface area contributed by atoms with E-state index >= 15 is 0 Å². The Labute approximate surface area is 162 Å². The lowest BCUT2D eigenvalue weighted by Crippen LogP contribution is -2.58. The standard InChI is InChI=1S/C19H25BrN2O4/c1-12(2)9-15(21-17(24)13-5-7-14(20)8-6-13)18(25)22(4)19(3)11-26-10-16(19)23/h5-8,12,15H,9-11H2,1-4H3,(H,21,24). The summed E-state index contributed by atoms with van der Waals surface area (Å²) in [6, 6.07) is 6.22. The fourth-order valence-corrected chi connectivity index (χ4v) is 3.14. The van der Waals surface area contributed by atoms with Crippen LogP contribution in [-0.2, 0) is 14.3 Å². The van der Waals surface area contributed by atoms with Gasteiger partial charge < -0.3 is 15.0 Å². The summed E-state index contributed by atoms with van der Waals surface area (Å²) in [6.45, 7) is 5.84. The number of amides is 2. The number of rotatable bonds is 6.